The molecule has 1 aliphatic heterocycles. The van der Waals surface area contributed by atoms with E-state index < -0.39 is 10.8 Å². The molecular formula is C9H16N2OS2. The zero-order valence-electron chi connectivity index (χ0n) is 8.12. The highest BCUT2D eigenvalue weighted by atomic mass is 32.2. The molecule has 0 radical (unpaired) electrons. The minimum Gasteiger partial charge on any atom is -0.360 e. The molecule has 2 aliphatic rings. The molecule has 0 aromatic carbocycles. The van der Waals surface area contributed by atoms with E-state index >= 15 is 0 Å². The standard InChI is InChI=1S/C9H16N2OS2/c12-14-5-3-8(4-6-14)11-9(13)10-7-1-2-7/h7-8H,1-6H2,(H2,10,11,13). The van der Waals surface area contributed by atoms with E-state index in [2.05, 4.69) is 10.6 Å². The van der Waals surface area contributed by atoms with Crippen molar-refractivity contribution in [3.05, 3.63) is 0 Å². The van der Waals surface area contributed by atoms with E-state index in [0.29, 0.717) is 12.1 Å². The van der Waals surface area contributed by atoms with Crippen LogP contribution in [0.15, 0.2) is 0 Å². The maximum Gasteiger partial charge on any atom is 0.166 e. The Morgan fingerprint density at radius 2 is 1.57 bits per heavy atom. The first kappa shape index (κ1) is 10.4. The van der Waals surface area contributed by atoms with E-state index in [1.165, 1.54) is 12.8 Å². The summed E-state index contributed by atoms with van der Waals surface area (Å²) in [5.74, 6) is 1.65. The average Bonchev–Trinajstić information content (AvgIpc) is 2.93. The van der Waals surface area contributed by atoms with E-state index in [1.54, 1.807) is 0 Å². The van der Waals surface area contributed by atoms with Gasteiger partial charge in [0, 0.05) is 34.4 Å². The minimum atomic E-state index is -0.578. The van der Waals surface area contributed by atoms with Crippen LogP contribution in [-0.4, -0.2) is 32.9 Å². The molecule has 0 unspecified atom stereocenters. The van der Waals surface area contributed by atoms with Crippen LogP contribution >= 0.6 is 12.2 Å². The van der Waals surface area contributed by atoms with Crippen LogP contribution in [0.3, 0.4) is 0 Å². The van der Waals surface area contributed by atoms with E-state index in [-0.39, 0.29) is 0 Å². The summed E-state index contributed by atoms with van der Waals surface area (Å²) in [5.41, 5.74) is 0. The maximum absolute atomic E-state index is 11.1. The van der Waals surface area contributed by atoms with Crippen molar-refractivity contribution in [2.24, 2.45) is 0 Å². The second-order valence-corrected chi connectivity index (χ2v) is 6.12. The topological polar surface area (TPSA) is 41.1 Å². The molecule has 1 aliphatic carbocycles. The molecule has 14 heavy (non-hydrogen) atoms. The van der Waals surface area contributed by atoms with Crippen LogP contribution in [0.25, 0.3) is 0 Å². The molecule has 5 heteroatoms. The lowest BCUT2D eigenvalue weighted by molar-refractivity contribution is 0.546. The Balaban J connectivity index is 1.68. The molecule has 0 spiro atoms. The van der Waals surface area contributed by atoms with Crippen LogP contribution in [-0.2, 0) is 10.8 Å². The third-order valence-corrected chi connectivity index (χ3v) is 4.25. The van der Waals surface area contributed by atoms with Crippen molar-refractivity contribution in [3.63, 3.8) is 0 Å². The third kappa shape index (κ3) is 3.20. The molecule has 80 valence electrons. The Kier molecular flexibility index (Phi) is 3.38. The van der Waals surface area contributed by atoms with Crippen LogP contribution in [0.2, 0.25) is 0 Å². The van der Waals surface area contributed by atoms with E-state index in [1.807, 2.05) is 0 Å². The molecule has 2 N–H and O–H groups in total. The summed E-state index contributed by atoms with van der Waals surface area (Å²) in [6, 6.07) is 1.05. The fraction of sp³-hybridized carbons (Fsp3) is 0.889. The van der Waals surface area contributed by atoms with Gasteiger partial charge < -0.3 is 10.6 Å². The van der Waals surface area contributed by atoms with Gasteiger partial charge in [0.05, 0.1) is 0 Å². The molecule has 0 aromatic heterocycles. The predicted octanol–water partition coefficient (Wildman–Crippen LogP) is 0.524. The number of hydrogen-bond donors (Lipinski definition) is 2. The Labute approximate surface area is 92.5 Å². The smallest absolute Gasteiger partial charge is 0.166 e. The summed E-state index contributed by atoms with van der Waals surface area (Å²) in [7, 11) is -0.578. The Bertz CT molecular complexity index is 243. The monoisotopic (exact) mass is 232 g/mol. The number of rotatable bonds is 2. The fourth-order valence-corrected chi connectivity index (χ4v) is 3.21. The van der Waals surface area contributed by atoms with Crippen molar-refractivity contribution in [2.45, 2.75) is 37.8 Å². The zero-order valence-corrected chi connectivity index (χ0v) is 9.76. The van der Waals surface area contributed by atoms with Gasteiger partial charge in [-0.15, -0.1) is 0 Å². The molecule has 1 saturated heterocycles. The van der Waals surface area contributed by atoms with Crippen LogP contribution in [0.5, 0.6) is 0 Å². The van der Waals surface area contributed by atoms with Crippen molar-refractivity contribution in [1.29, 1.82) is 0 Å². The third-order valence-electron chi connectivity index (χ3n) is 2.64. The van der Waals surface area contributed by atoms with Gasteiger partial charge in [-0.25, -0.2) is 0 Å². The Morgan fingerprint density at radius 1 is 1.07 bits per heavy atom. The van der Waals surface area contributed by atoms with Crippen molar-refractivity contribution in [1.82, 2.24) is 10.6 Å². The molecule has 2 fully saturated rings. The highest BCUT2D eigenvalue weighted by Gasteiger charge is 2.23. The van der Waals surface area contributed by atoms with Crippen LogP contribution in [0.4, 0.5) is 0 Å². The van der Waals surface area contributed by atoms with Crippen LogP contribution < -0.4 is 10.6 Å². The van der Waals surface area contributed by atoms with Gasteiger partial charge in [0.25, 0.3) is 0 Å². The summed E-state index contributed by atoms with van der Waals surface area (Å²) in [6.45, 7) is 0. The van der Waals surface area contributed by atoms with Crippen LogP contribution in [0.1, 0.15) is 25.7 Å². The molecule has 0 atom stereocenters. The molecule has 1 saturated carbocycles. The first-order valence-electron chi connectivity index (χ1n) is 5.16. The van der Waals surface area contributed by atoms with Crippen molar-refractivity contribution in [3.8, 4) is 0 Å². The van der Waals surface area contributed by atoms with Gasteiger partial charge >= 0.3 is 0 Å². The molecule has 0 amide bonds. The molecule has 3 nitrogen and oxygen atoms in total. The van der Waals surface area contributed by atoms with E-state index in [4.69, 9.17) is 12.2 Å². The number of hydrogen-bond acceptors (Lipinski definition) is 2. The normalized spacial score (nSPS) is 32.3. The van der Waals surface area contributed by atoms with Gasteiger partial charge in [0.15, 0.2) is 5.11 Å². The summed E-state index contributed by atoms with van der Waals surface area (Å²) < 4.78 is 11.1. The van der Waals surface area contributed by atoms with Gasteiger partial charge in [-0.1, -0.05) is 0 Å². The predicted molar refractivity (Wildman–Crippen MR) is 62.8 cm³/mol. The highest BCUT2D eigenvalue weighted by molar-refractivity contribution is 7.85. The Hall–Kier alpha value is -0.160. The first-order chi connectivity index (χ1) is 6.74. The molecule has 1 heterocycles. The number of nitrogens with one attached hydrogen (secondary N) is 2. The molecule has 0 bridgehead atoms. The van der Waals surface area contributed by atoms with Gasteiger partial charge in [0.2, 0.25) is 0 Å². The fourth-order valence-electron chi connectivity index (χ4n) is 1.58. The Morgan fingerprint density at radius 3 is 2.07 bits per heavy atom. The summed E-state index contributed by atoms with van der Waals surface area (Å²) in [5, 5.41) is 7.34. The van der Waals surface area contributed by atoms with Gasteiger partial charge in [-0.3, -0.25) is 4.21 Å². The summed E-state index contributed by atoms with van der Waals surface area (Å²) in [6.07, 6.45) is 4.46. The first-order valence-corrected chi connectivity index (χ1v) is 7.05. The van der Waals surface area contributed by atoms with Gasteiger partial charge in [0.1, 0.15) is 0 Å². The van der Waals surface area contributed by atoms with Gasteiger partial charge in [-0.05, 0) is 37.9 Å². The van der Waals surface area contributed by atoms with E-state index in [0.717, 1.165) is 29.5 Å². The lowest BCUT2D eigenvalue weighted by Gasteiger charge is -2.24. The largest absolute Gasteiger partial charge is 0.360 e. The highest BCUT2D eigenvalue weighted by Crippen LogP contribution is 2.18. The van der Waals surface area contributed by atoms with Crippen molar-refractivity contribution < 1.29 is 4.21 Å². The molecule has 2 rings (SSSR count). The van der Waals surface area contributed by atoms with Crippen molar-refractivity contribution >= 4 is 28.1 Å². The van der Waals surface area contributed by atoms with E-state index in [9.17, 15) is 4.21 Å². The lowest BCUT2D eigenvalue weighted by Crippen LogP contribution is -2.45. The maximum atomic E-state index is 11.1. The lowest BCUT2D eigenvalue weighted by atomic mass is 10.2. The quantitative estimate of drug-likeness (QED) is 0.681. The SMILES string of the molecule is O=S1CCC(NC(=S)NC2CC2)CC1. The van der Waals surface area contributed by atoms with Crippen molar-refractivity contribution in [2.75, 3.05) is 11.5 Å². The van der Waals surface area contributed by atoms with Crippen LogP contribution in [0, 0.1) is 0 Å². The van der Waals surface area contributed by atoms with Gasteiger partial charge in [-0.2, -0.15) is 0 Å². The zero-order chi connectivity index (χ0) is 9.97. The second-order valence-electron chi connectivity index (χ2n) is 4.01. The molecule has 0 aromatic rings. The molecular weight excluding hydrogens is 216 g/mol. The minimum absolute atomic E-state index is 0.437. The summed E-state index contributed by atoms with van der Waals surface area (Å²) >= 11 is 5.18. The summed E-state index contributed by atoms with van der Waals surface area (Å²) in [4.78, 5) is 0. The number of thiocarbonyl (C=S) groups is 1. The second kappa shape index (κ2) is 4.57. The average molecular weight is 232 g/mol.